The third-order valence-corrected chi connectivity index (χ3v) is 5.37. The summed E-state index contributed by atoms with van der Waals surface area (Å²) in [4.78, 5) is 27.6. The fourth-order valence-electron chi connectivity index (χ4n) is 3.77. The van der Waals surface area contributed by atoms with E-state index in [1.54, 1.807) is 42.3 Å². The SMILES string of the molecule is CCCCNC(=O)[C@H]1CN(C(=O)c2cccc(OC)c2)C[C@@H]1c1cccc(F)c1. The lowest BCUT2D eigenvalue weighted by Gasteiger charge is -2.18. The van der Waals surface area contributed by atoms with Crippen LogP contribution in [0.25, 0.3) is 0 Å². The van der Waals surface area contributed by atoms with E-state index in [1.807, 2.05) is 6.07 Å². The highest BCUT2D eigenvalue weighted by Gasteiger charge is 2.40. The molecule has 0 radical (unpaired) electrons. The molecule has 154 valence electrons. The topological polar surface area (TPSA) is 58.6 Å². The summed E-state index contributed by atoms with van der Waals surface area (Å²) in [6.45, 7) is 3.33. The molecule has 0 spiro atoms. The zero-order chi connectivity index (χ0) is 20.8. The normalized spacial score (nSPS) is 18.5. The molecule has 1 heterocycles. The Morgan fingerprint density at radius 3 is 2.69 bits per heavy atom. The lowest BCUT2D eigenvalue weighted by atomic mass is 9.88. The zero-order valence-corrected chi connectivity index (χ0v) is 16.9. The first-order valence-corrected chi connectivity index (χ1v) is 10.00. The number of hydrogen-bond donors (Lipinski definition) is 1. The number of carbonyl (C=O) groups excluding carboxylic acids is 2. The fourth-order valence-corrected chi connectivity index (χ4v) is 3.77. The monoisotopic (exact) mass is 398 g/mol. The number of hydrogen-bond acceptors (Lipinski definition) is 3. The molecular formula is C23H27FN2O3. The lowest BCUT2D eigenvalue weighted by molar-refractivity contribution is -0.124. The largest absolute Gasteiger partial charge is 0.497 e. The van der Waals surface area contributed by atoms with E-state index in [1.165, 1.54) is 12.1 Å². The number of halogens is 1. The van der Waals surface area contributed by atoms with Crippen LogP contribution in [0, 0.1) is 11.7 Å². The molecule has 5 nitrogen and oxygen atoms in total. The first-order chi connectivity index (χ1) is 14.0. The van der Waals surface area contributed by atoms with Crippen LogP contribution in [0.5, 0.6) is 5.75 Å². The number of rotatable bonds is 7. The van der Waals surface area contributed by atoms with E-state index in [0.717, 1.165) is 18.4 Å². The molecule has 1 N–H and O–H groups in total. The van der Waals surface area contributed by atoms with Crippen molar-refractivity contribution in [3.63, 3.8) is 0 Å². The van der Waals surface area contributed by atoms with Gasteiger partial charge in [0.05, 0.1) is 13.0 Å². The van der Waals surface area contributed by atoms with Gasteiger partial charge < -0.3 is 15.0 Å². The average molecular weight is 398 g/mol. The number of amides is 2. The van der Waals surface area contributed by atoms with E-state index in [9.17, 15) is 14.0 Å². The Bertz CT molecular complexity index is 871. The summed E-state index contributed by atoms with van der Waals surface area (Å²) < 4.78 is 19.0. The molecule has 0 unspecified atom stereocenters. The molecular weight excluding hydrogens is 371 g/mol. The molecule has 1 fully saturated rings. The smallest absolute Gasteiger partial charge is 0.254 e. The maximum Gasteiger partial charge on any atom is 0.254 e. The molecule has 1 aliphatic heterocycles. The van der Waals surface area contributed by atoms with Gasteiger partial charge >= 0.3 is 0 Å². The summed E-state index contributed by atoms with van der Waals surface area (Å²) in [6.07, 6.45) is 1.88. The molecule has 0 aromatic heterocycles. The summed E-state index contributed by atoms with van der Waals surface area (Å²) in [5, 5.41) is 2.97. The molecule has 2 aromatic rings. The first-order valence-electron chi connectivity index (χ1n) is 10.00. The molecule has 2 aromatic carbocycles. The number of benzene rings is 2. The number of methoxy groups -OCH3 is 1. The van der Waals surface area contributed by atoms with Crippen LogP contribution in [0.4, 0.5) is 4.39 Å². The van der Waals surface area contributed by atoms with E-state index in [-0.39, 0.29) is 23.5 Å². The van der Waals surface area contributed by atoms with E-state index in [2.05, 4.69) is 12.2 Å². The molecule has 6 heteroatoms. The van der Waals surface area contributed by atoms with Crippen LogP contribution in [-0.2, 0) is 4.79 Å². The lowest BCUT2D eigenvalue weighted by Crippen LogP contribution is -2.36. The quantitative estimate of drug-likeness (QED) is 0.725. The maximum absolute atomic E-state index is 13.8. The molecule has 1 aliphatic rings. The van der Waals surface area contributed by atoms with Crippen molar-refractivity contribution in [3.05, 3.63) is 65.5 Å². The molecule has 0 saturated carbocycles. The van der Waals surface area contributed by atoms with E-state index in [4.69, 9.17) is 4.74 Å². The van der Waals surface area contributed by atoms with Gasteiger partial charge in [-0.1, -0.05) is 31.5 Å². The minimum atomic E-state index is -0.414. The van der Waals surface area contributed by atoms with Crippen molar-refractivity contribution in [2.24, 2.45) is 5.92 Å². The van der Waals surface area contributed by atoms with Gasteiger partial charge in [0.15, 0.2) is 0 Å². The Balaban J connectivity index is 1.83. The number of unbranched alkanes of at least 4 members (excludes halogenated alkanes) is 1. The van der Waals surface area contributed by atoms with Gasteiger partial charge in [0, 0.05) is 31.1 Å². The third-order valence-electron chi connectivity index (χ3n) is 5.37. The number of ether oxygens (including phenoxy) is 1. The highest BCUT2D eigenvalue weighted by Crippen LogP contribution is 2.34. The predicted octanol–water partition coefficient (Wildman–Crippen LogP) is 3.61. The number of likely N-dealkylation sites (tertiary alicyclic amines) is 1. The summed E-state index contributed by atoms with van der Waals surface area (Å²) >= 11 is 0. The van der Waals surface area contributed by atoms with Gasteiger partial charge in [0.25, 0.3) is 5.91 Å². The van der Waals surface area contributed by atoms with Gasteiger partial charge in [-0.15, -0.1) is 0 Å². The molecule has 2 atom stereocenters. The summed E-state index contributed by atoms with van der Waals surface area (Å²) in [5.74, 6) is -0.649. The zero-order valence-electron chi connectivity index (χ0n) is 16.9. The van der Waals surface area contributed by atoms with Crippen molar-refractivity contribution in [2.45, 2.75) is 25.7 Å². The van der Waals surface area contributed by atoms with E-state index >= 15 is 0 Å². The summed E-state index contributed by atoms with van der Waals surface area (Å²) in [6, 6.07) is 13.3. The Hall–Kier alpha value is -2.89. The van der Waals surface area contributed by atoms with Crippen molar-refractivity contribution < 1.29 is 18.7 Å². The highest BCUT2D eigenvalue weighted by atomic mass is 19.1. The van der Waals surface area contributed by atoms with Crippen molar-refractivity contribution in [2.75, 3.05) is 26.7 Å². The van der Waals surface area contributed by atoms with Crippen LogP contribution < -0.4 is 10.1 Å². The fraction of sp³-hybridized carbons (Fsp3) is 0.391. The number of nitrogens with one attached hydrogen (secondary N) is 1. The number of carbonyl (C=O) groups is 2. The van der Waals surface area contributed by atoms with E-state index < -0.39 is 5.92 Å². The van der Waals surface area contributed by atoms with Gasteiger partial charge in [-0.2, -0.15) is 0 Å². The second-order valence-corrected chi connectivity index (χ2v) is 7.35. The van der Waals surface area contributed by atoms with Crippen LogP contribution in [0.15, 0.2) is 48.5 Å². The molecule has 1 saturated heterocycles. The van der Waals surface area contributed by atoms with Crippen LogP contribution in [0.1, 0.15) is 41.6 Å². The van der Waals surface area contributed by atoms with E-state index in [0.29, 0.717) is 30.9 Å². The second-order valence-electron chi connectivity index (χ2n) is 7.35. The average Bonchev–Trinajstić information content (AvgIpc) is 3.19. The van der Waals surface area contributed by atoms with Crippen molar-refractivity contribution in [3.8, 4) is 5.75 Å². The predicted molar refractivity (Wildman–Crippen MR) is 109 cm³/mol. The highest BCUT2D eigenvalue weighted by molar-refractivity contribution is 5.95. The Morgan fingerprint density at radius 2 is 1.97 bits per heavy atom. The molecule has 29 heavy (non-hydrogen) atoms. The van der Waals surface area contributed by atoms with Gasteiger partial charge in [-0.25, -0.2) is 4.39 Å². The third kappa shape index (κ3) is 4.94. The van der Waals surface area contributed by atoms with Crippen molar-refractivity contribution in [1.29, 1.82) is 0 Å². The standard InChI is InChI=1S/C23H27FN2O3/c1-3-4-11-25-22(27)21-15-26(14-20(21)16-7-5-9-18(24)12-16)23(28)17-8-6-10-19(13-17)29-2/h5-10,12-13,20-21H,3-4,11,14-15H2,1-2H3,(H,25,27)/t20-,21+/m1/s1. The van der Waals surface area contributed by atoms with Gasteiger partial charge in [-0.05, 0) is 42.3 Å². The molecule has 3 rings (SSSR count). The summed E-state index contributed by atoms with van der Waals surface area (Å²) in [5.41, 5.74) is 1.25. The van der Waals surface area contributed by atoms with Crippen LogP contribution in [-0.4, -0.2) is 43.5 Å². The van der Waals surface area contributed by atoms with Crippen LogP contribution in [0.2, 0.25) is 0 Å². The molecule has 0 bridgehead atoms. The first kappa shape index (κ1) is 20.8. The minimum Gasteiger partial charge on any atom is -0.497 e. The van der Waals surface area contributed by atoms with Gasteiger partial charge in [-0.3, -0.25) is 9.59 Å². The van der Waals surface area contributed by atoms with Crippen molar-refractivity contribution >= 4 is 11.8 Å². The van der Waals surface area contributed by atoms with Gasteiger partial charge in [0.2, 0.25) is 5.91 Å². The Kier molecular flexibility index (Phi) is 6.86. The second kappa shape index (κ2) is 9.54. The summed E-state index contributed by atoms with van der Waals surface area (Å²) in [7, 11) is 1.55. The molecule has 2 amide bonds. The van der Waals surface area contributed by atoms with Crippen LogP contribution in [0.3, 0.4) is 0 Å². The van der Waals surface area contributed by atoms with Crippen molar-refractivity contribution in [1.82, 2.24) is 10.2 Å². The molecule has 0 aliphatic carbocycles. The number of nitrogens with zero attached hydrogens (tertiary/aromatic N) is 1. The maximum atomic E-state index is 13.8. The van der Waals surface area contributed by atoms with Gasteiger partial charge in [0.1, 0.15) is 11.6 Å². The Morgan fingerprint density at radius 1 is 1.17 bits per heavy atom. The Labute approximate surface area is 170 Å². The minimum absolute atomic E-state index is 0.0892. The van der Waals surface area contributed by atoms with Crippen LogP contribution >= 0.6 is 0 Å².